The van der Waals surface area contributed by atoms with Gasteiger partial charge in [0.05, 0.1) is 5.75 Å². The quantitative estimate of drug-likeness (QED) is 0.424. The molecule has 9 nitrogen and oxygen atoms in total. The molecule has 154 valence electrons. The molecule has 1 amide bonds. The number of nitrogens with two attached hydrogens (primary N) is 1. The van der Waals surface area contributed by atoms with Gasteiger partial charge in [-0.1, -0.05) is 42.9 Å². The summed E-state index contributed by atoms with van der Waals surface area (Å²) in [5.74, 6) is 8.53. The van der Waals surface area contributed by atoms with Crippen molar-refractivity contribution in [3.8, 4) is 5.75 Å². The van der Waals surface area contributed by atoms with Gasteiger partial charge in [0.15, 0.2) is 11.6 Å². The lowest BCUT2D eigenvalue weighted by Gasteiger charge is -2.14. The van der Waals surface area contributed by atoms with Gasteiger partial charge in [0.1, 0.15) is 18.1 Å². The molecular formula is C19H24N6O3S. The monoisotopic (exact) mass is 416 g/mol. The molecule has 0 saturated carbocycles. The van der Waals surface area contributed by atoms with E-state index in [2.05, 4.69) is 46.7 Å². The highest BCUT2D eigenvalue weighted by Crippen LogP contribution is 2.28. The number of aromatic nitrogens is 4. The summed E-state index contributed by atoms with van der Waals surface area (Å²) in [5, 5.41) is 14.9. The Bertz CT molecular complexity index is 998. The standard InChI is InChI=1S/C19H24N6O3S/c1-11(2)14-6-5-12(3)7-15(14)27-9-17-22-23-19(25(17)20)29-10-18(26)21-16-8-13(4)28-24-16/h5-8,11H,9-10,20H2,1-4H3,(H,21,24,26). The molecule has 1 aromatic carbocycles. The van der Waals surface area contributed by atoms with Gasteiger partial charge in [-0.2, -0.15) is 0 Å². The summed E-state index contributed by atoms with van der Waals surface area (Å²) in [4.78, 5) is 12.0. The molecule has 29 heavy (non-hydrogen) atoms. The third-order valence-electron chi connectivity index (χ3n) is 4.11. The SMILES string of the molecule is Cc1ccc(C(C)C)c(OCc2nnc(SCC(=O)Nc3cc(C)on3)n2N)c1. The number of nitrogens with one attached hydrogen (secondary N) is 1. The van der Waals surface area contributed by atoms with Crippen LogP contribution in [-0.2, 0) is 11.4 Å². The van der Waals surface area contributed by atoms with E-state index in [1.54, 1.807) is 13.0 Å². The number of benzene rings is 1. The van der Waals surface area contributed by atoms with Crippen LogP contribution < -0.4 is 15.9 Å². The summed E-state index contributed by atoms with van der Waals surface area (Å²) < 4.78 is 12.2. The molecule has 3 aromatic rings. The molecule has 2 aromatic heterocycles. The number of rotatable bonds is 8. The Labute approximate surface area is 173 Å². The van der Waals surface area contributed by atoms with Crippen LogP contribution in [0.5, 0.6) is 5.75 Å². The van der Waals surface area contributed by atoms with Crippen LogP contribution in [0.1, 0.15) is 42.5 Å². The first-order valence-corrected chi connectivity index (χ1v) is 10.1. The van der Waals surface area contributed by atoms with Crippen LogP contribution in [0, 0.1) is 13.8 Å². The van der Waals surface area contributed by atoms with Crippen LogP contribution in [0.15, 0.2) is 33.9 Å². The molecule has 0 aliphatic carbocycles. The van der Waals surface area contributed by atoms with Crippen LogP contribution in [0.25, 0.3) is 0 Å². The Balaban J connectivity index is 1.58. The number of nitrogens with zero attached hydrogens (tertiary/aromatic N) is 4. The van der Waals surface area contributed by atoms with Crippen LogP contribution in [-0.4, -0.2) is 31.7 Å². The number of nitrogen functional groups attached to an aromatic ring is 1. The van der Waals surface area contributed by atoms with E-state index in [0.717, 1.165) is 16.9 Å². The molecule has 0 aliphatic heterocycles. The van der Waals surface area contributed by atoms with Gasteiger partial charge in [-0.15, -0.1) is 10.2 Å². The van der Waals surface area contributed by atoms with Gasteiger partial charge in [-0.25, -0.2) is 4.68 Å². The maximum Gasteiger partial charge on any atom is 0.236 e. The lowest BCUT2D eigenvalue weighted by atomic mass is 10.0. The van der Waals surface area contributed by atoms with Crippen molar-refractivity contribution in [3.05, 3.63) is 47.0 Å². The summed E-state index contributed by atoms with van der Waals surface area (Å²) in [5.41, 5.74) is 2.23. The van der Waals surface area contributed by atoms with Crippen molar-refractivity contribution in [3.63, 3.8) is 0 Å². The Kier molecular flexibility index (Phi) is 6.42. The number of aryl methyl sites for hydroxylation is 2. The van der Waals surface area contributed by atoms with Crippen LogP contribution >= 0.6 is 11.8 Å². The number of thioether (sulfide) groups is 1. The van der Waals surface area contributed by atoms with E-state index in [0.29, 0.717) is 28.5 Å². The number of anilines is 1. The fraction of sp³-hybridized carbons (Fsp3) is 0.368. The number of hydrogen-bond acceptors (Lipinski definition) is 8. The van der Waals surface area contributed by atoms with Crippen molar-refractivity contribution in [1.82, 2.24) is 20.0 Å². The number of ether oxygens (including phenoxy) is 1. The lowest BCUT2D eigenvalue weighted by Crippen LogP contribution is -2.18. The Morgan fingerprint density at radius 2 is 2.10 bits per heavy atom. The lowest BCUT2D eigenvalue weighted by molar-refractivity contribution is -0.113. The van der Waals surface area contributed by atoms with Gasteiger partial charge in [-0.3, -0.25) is 4.79 Å². The van der Waals surface area contributed by atoms with Crippen molar-refractivity contribution in [1.29, 1.82) is 0 Å². The van der Waals surface area contributed by atoms with Crippen LogP contribution in [0.3, 0.4) is 0 Å². The molecular weight excluding hydrogens is 392 g/mol. The van der Waals surface area contributed by atoms with E-state index >= 15 is 0 Å². The normalized spacial score (nSPS) is 11.1. The van der Waals surface area contributed by atoms with Gasteiger partial charge in [0.25, 0.3) is 0 Å². The maximum atomic E-state index is 12.0. The summed E-state index contributed by atoms with van der Waals surface area (Å²) in [6, 6.07) is 7.77. The maximum absolute atomic E-state index is 12.0. The molecule has 0 bridgehead atoms. The van der Waals surface area contributed by atoms with E-state index in [4.69, 9.17) is 15.1 Å². The van der Waals surface area contributed by atoms with Crippen molar-refractivity contribution >= 4 is 23.5 Å². The number of carbonyl (C=O) groups is 1. The highest BCUT2D eigenvalue weighted by molar-refractivity contribution is 7.99. The third-order valence-corrected chi connectivity index (χ3v) is 5.05. The second kappa shape index (κ2) is 8.99. The minimum Gasteiger partial charge on any atom is -0.485 e. The Hall–Kier alpha value is -3.01. The molecule has 0 spiro atoms. The molecule has 0 saturated heterocycles. The van der Waals surface area contributed by atoms with E-state index in [9.17, 15) is 4.79 Å². The Morgan fingerprint density at radius 3 is 2.79 bits per heavy atom. The highest BCUT2D eigenvalue weighted by atomic mass is 32.2. The zero-order valence-corrected chi connectivity index (χ0v) is 17.6. The first-order valence-electron chi connectivity index (χ1n) is 9.12. The molecule has 0 atom stereocenters. The van der Waals surface area contributed by atoms with E-state index in [-0.39, 0.29) is 18.3 Å². The van der Waals surface area contributed by atoms with E-state index in [1.807, 2.05) is 13.0 Å². The largest absolute Gasteiger partial charge is 0.485 e. The predicted octanol–water partition coefficient (Wildman–Crippen LogP) is 3.03. The van der Waals surface area contributed by atoms with Crippen LogP contribution in [0.2, 0.25) is 0 Å². The van der Waals surface area contributed by atoms with E-state index < -0.39 is 0 Å². The molecule has 0 fully saturated rings. The number of hydrogen-bond donors (Lipinski definition) is 2. The predicted molar refractivity (Wildman–Crippen MR) is 110 cm³/mol. The van der Waals surface area contributed by atoms with Gasteiger partial charge in [0, 0.05) is 6.07 Å². The summed E-state index contributed by atoms with van der Waals surface area (Å²) in [6.45, 7) is 8.17. The minimum absolute atomic E-state index is 0.109. The summed E-state index contributed by atoms with van der Waals surface area (Å²) in [6.07, 6.45) is 0. The average Bonchev–Trinajstić information content (AvgIpc) is 3.23. The zero-order chi connectivity index (χ0) is 21.0. The van der Waals surface area contributed by atoms with E-state index in [1.165, 1.54) is 16.4 Å². The van der Waals surface area contributed by atoms with Gasteiger partial charge < -0.3 is 20.4 Å². The molecule has 0 unspecified atom stereocenters. The fourth-order valence-corrected chi connectivity index (χ4v) is 3.30. The van der Waals surface area contributed by atoms with Gasteiger partial charge in [0.2, 0.25) is 11.1 Å². The van der Waals surface area contributed by atoms with Crippen molar-refractivity contribution in [2.75, 3.05) is 16.9 Å². The van der Waals surface area contributed by atoms with Crippen molar-refractivity contribution < 1.29 is 14.1 Å². The topological polar surface area (TPSA) is 121 Å². The second-order valence-electron chi connectivity index (χ2n) is 6.91. The van der Waals surface area contributed by atoms with Crippen molar-refractivity contribution in [2.45, 2.75) is 45.4 Å². The number of amides is 1. The highest BCUT2D eigenvalue weighted by Gasteiger charge is 2.15. The fourth-order valence-electron chi connectivity index (χ4n) is 2.62. The first kappa shape index (κ1) is 20.7. The molecule has 3 N–H and O–H groups in total. The summed E-state index contributed by atoms with van der Waals surface area (Å²) >= 11 is 1.17. The summed E-state index contributed by atoms with van der Waals surface area (Å²) in [7, 11) is 0. The third kappa shape index (κ3) is 5.29. The molecule has 3 rings (SSSR count). The van der Waals surface area contributed by atoms with Gasteiger partial charge >= 0.3 is 0 Å². The minimum atomic E-state index is -0.245. The number of carbonyl (C=O) groups excluding carboxylic acids is 1. The smallest absolute Gasteiger partial charge is 0.236 e. The van der Waals surface area contributed by atoms with Crippen LogP contribution in [0.4, 0.5) is 5.82 Å². The molecule has 0 aliphatic rings. The average molecular weight is 417 g/mol. The zero-order valence-electron chi connectivity index (χ0n) is 16.8. The molecule has 10 heteroatoms. The first-order chi connectivity index (χ1) is 13.8. The second-order valence-corrected chi connectivity index (χ2v) is 7.86. The molecule has 0 radical (unpaired) electrons. The van der Waals surface area contributed by atoms with Crippen molar-refractivity contribution in [2.24, 2.45) is 0 Å². The van der Waals surface area contributed by atoms with Gasteiger partial charge in [-0.05, 0) is 37.0 Å². The molecule has 2 heterocycles. The Morgan fingerprint density at radius 1 is 1.31 bits per heavy atom.